The average Bonchev–Trinajstić information content (AvgIpc) is 0.811. The second-order valence-corrected chi connectivity index (χ2v) is 1.11. The normalized spacial score (nSPS) is 7.20. The second-order valence-electron chi connectivity index (χ2n) is 0.214. The van der Waals surface area contributed by atoms with Crippen LogP contribution >= 0.6 is 0 Å². The summed E-state index contributed by atoms with van der Waals surface area (Å²) in [4.78, 5) is 0. The van der Waals surface area contributed by atoms with Gasteiger partial charge in [0, 0.05) is 18.9 Å². The van der Waals surface area contributed by atoms with E-state index in [2.05, 4.69) is 0 Å². The Labute approximate surface area is 45.5 Å². The van der Waals surface area contributed by atoms with Crippen molar-refractivity contribution in [3.63, 3.8) is 0 Å². The van der Waals surface area contributed by atoms with Crippen LogP contribution in [0, 0.1) is 0 Å². The van der Waals surface area contributed by atoms with Gasteiger partial charge < -0.3 is 0 Å². The van der Waals surface area contributed by atoms with Gasteiger partial charge in [0.15, 0.2) is 0 Å². The zero-order valence-electron chi connectivity index (χ0n) is 2.63. The average molecular weight is 137 g/mol. The third kappa shape index (κ3) is 48.9. The van der Waals surface area contributed by atoms with E-state index in [1.165, 1.54) is 0 Å². The standard InChI is InChI=1S/F3Ge.Li/c1-4(2)3;. The summed E-state index contributed by atoms with van der Waals surface area (Å²) in [6, 6.07) is 0. The molecule has 0 heterocycles. The van der Waals surface area contributed by atoms with Crippen molar-refractivity contribution in [1.29, 1.82) is 0 Å². The third-order valence-electron chi connectivity index (χ3n) is 0. The molecule has 0 fully saturated rings. The van der Waals surface area contributed by atoms with E-state index in [1.807, 2.05) is 0 Å². The molecule has 0 aromatic carbocycles. The monoisotopic (exact) mass is 138 g/mol. The van der Waals surface area contributed by atoms with Crippen molar-refractivity contribution in [3.05, 3.63) is 0 Å². The topological polar surface area (TPSA) is 0 Å². The first-order chi connectivity index (χ1) is 1.73. The molecule has 0 atom stereocenters. The van der Waals surface area contributed by atoms with Crippen LogP contribution in [0.2, 0.25) is 0 Å². The minimum atomic E-state index is -4.83. The molecule has 0 aromatic rings. The van der Waals surface area contributed by atoms with E-state index < -0.39 is 15.7 Å². The molecule has 0 nitrogen and oxygen atoms in total. The van der Waals surface area contributed by atoms with E-state index >= 15 is 0 Å². The van der Waals surface area contributed by atoms with E-state index in [0.717, 1.165) is 0 Å². The summed E-state index contributed by atoms with van der Waals surface area (Å²) in [5.41, 5.74) is 0. The molecular weight excluding hydrogens is 137 g/mol. The van der Waals surface area contributed by atoms with Gasteiger partial charge in [0.1, 0.15) is 0 Å². The third-order valence-corrected chi connectivity index (χ3v) is 0. The maximum atomic E-state index is 9.83. The largest absolute Gasteiger partial charge is 0 e. The Balaban J connectivity index is 0. The Morgan fingerprint density at radius 1 is 1.00 bits per heavy atom. The molecule has 5 heteroatoms. The Morgan fingerprint density at radius 2 is 1.00 bits per heavy atom. The zero-order chi connectivity index (χ0) is 3.58. The van der Waals surface area contributed by atoms with E-state index in [4.69, 9.17) is 0 Å². The Kier molecular flexibility index (Phi) is 9.20. The molecule has 2 radical (unpaired) electrons. The van der Waals surface area contributed by atoms with E-state index in [1.54, 1.807) is 0 Å². The molecule has 0 amide bonds. The minimum absolute atomic E-state index is 0. The van der Waals surface area contributed by atoms with Crippen molar-refractivity contribution in [2.45, 2.75) is 0 Å². The van der Waals surface area contributed by atoms with Crippen LogP contribution in [0.25, 0.3) is 0 Å². The van der Waals surface area contributed by atoms with E-state index in [9.17, 15) is 10.5 Å². The quantitative estimate of drug-likeness (QED) is 0.426. The summed E-state index contributed by atoms with van der Waals surface area (Å²) >= 11 is -4.83. The molecule has 0 saturated heterocycles. The van der Waals surface area contributed by atoms with Gasteiger partial charge in [-0.25, -0.2) is 0 Å². The summed E-state index contributed by atoms with van der Waals surface area (Å²) in [7, 11) is 0. The van der Waals surface area contributed by atoms with Gasteiger partial charge in [-0.05, 0) is 0 Å². The maximum Gasteiger partial charge on any atom is 0 e. The van der Waals surface area contributed by atoms with Crippen LogP contribution in [0.4, 0.5) is 10.5 Å². The van der Waals surface area contributed by atoms with Crippen molar-refractivity contribution in [3.8, 4) is 0 Å². The smallest absolute Gasteiger partial charge is 0 e. The van der Waals surface area contributed by atoms with Crippen LogP contribution in [0.5, 0.6) is 0 Å². The molecule has 5 heavy (non-hydrogen) atoms. The summed E-state index contributed by atoms with van der Waals surface area (Å²) in [5, 5.41) is 0. The molecule has 0 spiro atoms. The van der Waals surface area contributed by atoms with Crippen LogP contribution in [0.3, 0.4) is 0 Å². The van der Waals surface area contributed by atoms with Crippen LogP contribution in [0.1, 0.15) is 0 Å². The SMILES string of the molecule is [F][Ge]([F])[F].[Li]. The van der Waals surface area contributed by atoms with Gasteiger partial charge in [0.2, 0.25) is 0 Å². The van der Waals surface area contributed by atoms with Crippen molar-refractivity contribution < 1.29 is 10.5 Å². The van der Waals surface area contributed by atoms with Crippen LogP contribution < -0.4 is 0 Å². The van der Waals surface area contributed by atoms with Gasteiger partial charge >= 0.3 is 26.2 Å². The summed E-state index contributed by atoms with van der Waals surface area (Å²) in [6.07, 6.45) is 0. The number of rotatable bonds is 0. The minimum Gasteiger partial charge on any atom is 0 e. The number of hydrogen-bond acceptors (Lipinski definition) is 0. The fourth-order valence-corrected chi connectivity index (χ4v) is 0. The molecule has 0 N–H and O–H groups in total. The number of halogens is 3. The van der Waals surface area contributed by atoms with Gasteiger partial charge in [0.05, 0.1) is 0 Å². The van der Waals surface area contributed by atoms with Gasteiger partial charge in [-0.3, -0.25) is 0 Å². The molecule has 0 aliphatic carbocycles. The van der Waals surface area contributed by atoms with Crippen molar-refractivity contribution in [1.82, 2.24) is 0 Å². The number of hydrogen-bond donors (Lipinski definition) is 0. The Hall–Kier alpha value is 0.930. The van der Waals surface area contributed by atoms with Crippen molar-refractivity contribution in [2.24, 2.45) is 0 Å². The van der Waals surface area contributed by atoms with Crippen molar-refractivity contribution in [2.75, 3.05) is 0 Å². The van der Waals surface area contributed by atoms with Crippen LogP contribution in [-0.2, 0) is 0 Å². The van der Waals surface area contributed by atoms with E-state index in [0.29, 0.717) is 0 Å². The van der Waals surface area contributed by atoms with Gasteiger partial charge in [-0.2, -0.15) is 0 Å². The predicted octanol–water partition coefficient (Wildman–Crippen LogP) is 0.499. The molecular formula is F3GeLi. The maximum absolute atomic E-state index is 9.83. The molecule has 0 bridgehead atoms. The van der Waals surface area contributed by atoms with E-state index in [-0.39, 0.29) is 18.9 Å². The van der Waals surface area contributed by atoms with Crippen LogP contribution in [0.15, 0.2) is 0 Å². The van der Waals surface area contributed by atoms with Crippen molar-refractivity contribution >= 4 is 34.6 Å². The fraction of sp³-hybridized carbons (Fsp3) is 0. The van der Waals surface area contributed by atoms with Gasteiger partial charge in [-0.15, -0.1) is 0 Å². The molecule has 0 saturated carbocycles. The molecule has 0 aromatic heterocycles. The molecule has 26 valence electrons. The molecule has 0 aliphatic heterocycles. The second kappa shape index (κ2) is 4.93. The molecule has 0 unspecified atom stereocenters. The van der Waals surface area contributed by atoms with Crippen LogP contribution in [-0.4, -0.2) is 34.6 Å². The van der Waals surface area contributed by atoms with Gasteiger partial charge in [-0.1, -0.05) is 0 Å². The first kappa shape index (κ1) is 9.33. The first-order valence-corrected chi connectivity index (χ1v) is 2.95. The molecule has 0 rings (SSSR count). The molecule has 0 aliphatic rings. The first-order valence-electron chi connectivity index (χ1n) is 0.567. The summed E-state index contributed by atoms with van der Waals surface area (Å²) in [6.45, 7) is 0. The summed E-state index contributed by atoms with van der Waals surface area (Å²) in [5.74, 6) is 0. The fourth-order valence-electron chi connectivity index (χ4n) is 0. The Morgan fingerprint density at radius 3 is 1.00 bits per heavy atom. The Bertz CT molecular complexity index is 11.6. The van der Waals surface area contributed by atoms with Gasteiger partial charge in [0.25, 0.3) is 0 Å². The zero-order valence-corrected chi connectivity index (χ0v) is 4.73. The predicted molar refractivity (Wildman–Crippen MR) is 14.8 cm³/mol. The summed E-state index contributed by atoms with van der Waals surface area (Å²) < 4.78 is 29.5.